The number of nitrogens with one attached hydrogen (secondary N) is 1. The van der Waals surface area contributed by atoms with Crippen LogP contribution in [0.25, 0.3) is 16.6 Å². The topological polar surface area (TPSA) is 66.8 Å². The van der Waals surface area contributed by atoms with Crippen molar-refractivity contribution >= 4 is 22.8 Å². The monoisotopic (exact) mass is 227 g/mol. The zero-order chi connectivity index (χ0) is 12.3. The van der Waals surface area contributed by atoms with E-state index in [4.69, 9.17) is 0 Å². The predicted octanol–water partition coefficient (Wildman–Crippen LogP) is 1.93. The van der Waals surface area contributed by atoms with Gasteiger partial charge >= 0.3 is 0 Å². The quantitative estimate of drug-likeness (QED) is 0.643. The van der Waals surface area contributed by atoms with Crippen molar-refractivity contribution in [3.63, 3.8) is 0 Å². The van der Waals surface area contributed by atoms with Crippen molar-refractivity contribution in [3.05, 3.63) is 36.4 Å². The molecule has 0 unspecified atom stereocenters. The van der Waals surface area contributed by atoms with Crippen LogP contribution in [0.1, 0.15) is 11.5 Å². The number of H-pyrrole nitrogens is 1. The fourth-order valence-electron chi connectivity index (χ4n) is 1.45. The van der Waals surface area contributed by atoms with Crippen LogP contribution in [0.4, 0.5) is 0 Å². The number of nitrogens with zero attached hydrogens (tertiary/aromatic N) is 4. The Hall–Kier alpha value is -2.30. The Balaban J connectivity index is 2.42. The normalized spacial score (nSPS) is 11.9. The zero-order valence-electron chi connectivity index (χ0n) is 9.81. The molecule has 2 aromatic rings. The molecule has 0 atom stereocenters. The first-order valence-corrected chi connectivity index (χ1v) is 5.18. The van der Waals surface area contributed by atoms with Gasteiger partial charge in [0.2, 0.25) is 0 Å². The Kier molecular flexibility index (Phi) is 3.09. The summed E-state index contributed by atoms with van der Waals surface area (Å²) in [5.74, 6) is 0.715. The molecule has 0 aliphatic rings. The van der Waals surface area contributed by atoms with Crippen LogP contribution in [0, 0.1) is 6.92 Å². The van der Waals surface area contributed by atoms with Crippen LogP contribution >= 0.6 is 0 Å². The number of hydrogen-bond donors (Lipinski definition) is 1. The predicted molar refractivity (Wildman–Crippen MR) is 69.0 cm³/mol. The molecule has 0 fully saturated rings. The fraction of sp³-hybridized carbons (Fsp3) is 0.167. The molecule has 0 saturated heterocycles. The lowest BCUT2D eigenvalue weighted by atomic mass is 10.2. The standard InChI is InChI=1S/C12H13N5/c1-8(5-4-6-13-3)11-12-10(16-17-11)7-14-9(2)15-12/h4-7H,1H2,2-3H3,(H,16,17)/b5-4-,13-6-. The molecule has 86 valence electrons. The van der Waals surface area contributed by atoms with Gasteiger partial charge in [-0.3, -0.25) is 10.1 Å². The van der Waals surface area contributed by atoms with Crippen molar-refractivity contribution in [1.29, 1.82) is 0 Å². The molecule has 2 aromatic heterocycles. The maximum atomic E-state index is 4.35. The van der Waals surface area contributed by atoms with Crippen LogP contribution in [-0.2, 0) is 0 Å². The number of aromatic amines is 1. The Morgan fingerprint density at radius 2 is 2.35 bits per heavy atom. The van der Waals surface area contributed by atoms with E-state index in [0.717, 1.165) is 22.3 Å². The second-order valence-corrected chi connectivity index (χ2v) is 3.54. The number of aromatic nitrogens is 4. The van der Waals surface area contributed by atoms with Crippen LogP contribution in [0.3, 0.4) is 0 Å². The first-order chi connectivity index (χ1) is 8.22. The van der Waals surface area contributed by atoms with E-state index in [-0.39, 0.29) is 0 Å². The van der Waals surface area contributed by atoms with Gasteiger partial charge in [0.25, 0.3) is 0 Å². The minimum atomic E-state index is 0.715. The van der Waals surface area contributed by atoms with E-state index < -0.39 is 0 Å². The van der Waals surface area contributed by atoms with E-state index in [1.807, 2.05) is 19.1 Å². The number of aryl methyl sites for hydroxylation is 1. The van der Waals surface area contributed by atoms with Gasteiger partial charge in [0.1, 0.15) is 22.6 Å². The zero-order valence-corrected chi connectivity index (χ0v) is 9.81. The summed E-state index contributed by atoms with van der Waals surface area (Å²) in [5, 5.41) is 7.08. The van der Waals surface area contributed by atoms with Gasteiger partial charge in [-0.05, 0) is 18.6 Å². The lowest BCUT2D eigenvalue weighted by molar-refractivity contribution is 1.08. The molecule has 0 bridgehead atoms. The summed E-state index contributed by atoms with van der Waals surface area (Å²) < 4.78 is 0. The van der Waals surface area contributed by atoms with E-state index in [9.17, 15) is 0 Å². The molecular formula is C12H13N5. The molecule has 0 aromatic carbocycles. The van der Waals surface area contributed by atoms with Crippen LogP contribution in [0.2, 0.25) is 0 Å². The molecule has 0 aliphatic carbocycles. The van der Waals surface area contributed by atoms with Crippen LogP contribution < -0.4 is 0 Å². The van der Waals surface area contributed by atoms with Crippen molar-refractivity contribution in [3.8, 4) is 0 Å². The van der Waals surface area contributed by atoms with Gasteiger partial charge in [0.05, 0.1) is 6.20 Å². The highest BCUT2D eigenvalue weighted by Crippen LogP contribution is 2.19. The molecule has 5 heteroatoms. The Morgan fingerprint density at radius 1 is 1.53 bits per heavy atom. The smallest absolute Gasteiger partial charge is 0.126 e. The largest absolute Gasteiger partial charge is 0.297 e. The highest BCUT2D eigenvalue weighted by atomic mass is 15.1. The van der Waals surface area contributed by atoms with Gasteiger partial charge in [0.15, 0.2) is 0 Å². The van der Waals surface area contributed by atoms with Crippen molar-refractivity contribution < 1.29 is 0 Å². The van der Waals surface area contributed by atoms with Gasteiger partial charge in [-0.15, -0.1) is 0 Å². The number of hydrogen-bond acceptors (Lipinski definition) is 4. The van der Waals surface area contributed by atoms with Crippen LogP contribution in [0.5, 0.6) is 0 Å². The second kappa shape index (κ2) is 4.69. The molecule has 2 rings (SSSR count). The summed E-state index contributed by atoms with van der Waals surface area (Å²) in [4.78, 5) is 12.3. The van der Waals surface area contributed by atoms with E-state index in [0.29, 0.717) is 5.82 Å². The van der Waals surface area contributed by atoms with Crippen molar-refractivity contribution in [2.24, 2.45) is 4.99 Å². The molecule has 0 aliphatic heterocycles. The first-order valence-electron chi connectivity index (χ1n) is 5.18. The minimum absolute atomic E-state index is 0.715. The maximum Gasteiger partial charge on any atom is 0.126 e. The molecule has 1 N–H and O–H groups in total. The number of aliphatic imine (C=N–C) groups is 1. The summed E-state index contributed by atoms with van der Waals surface area (Å²) in [6.45, 7) is 5.80. The van der Waals surface area contributed by atoms with E-state index in [1.54, 1.807) is 19.5 Å². The molecule has 2 heterocycles. The Morgan fingerprint density at radius 3 is 3.12 bits per heavy atom. The number of rotatable bonds is 3. The van der Waals surface area contributed by atoms with Crippen LogP contribution in [-0.4, -0.2) is 33.4 Å². The molecule has 0 radical (unpaired) electrons. The van der Waals surface area contributed by atoms with Crippen molar-refractivity contribution in [2.75, 3.05) is 7.05 Å². The lowest BCUT2D eigenvalue weighted by Gasteiger charge is -1.95. The molecule has 0 amide bonds. The SMILES string of the molecule is C=C(/C=C\C=N/C)c1n[nH]c2cnc(C)nc12. The molecule has 5 nitrogen and oxygen atoms in total. The molecule has 0 spiro atoms. The van der Waals surface area contributed by atoms with Gasteiger partial charge in [-0.1, -0.05) is 12.7 Å². The third-order valence-corrected chi connectivity index (χ3v) is 2.26. The van der Waals surface area contributed by atoms with E-state index in [2.05, 4.69) is 31.7 Å². The number of allylic oxidation sites excluding steroid dienone is 3. The Labute approximate surface area is 99.0 Å². The van der Waals surface area contributed by atoms with Gasteiger partial charge in [0, 0.05) is 13.3 Å². The van der Waals surface area contributed by atoms with Gasteiger partial charge < -0.3 is 0 Å². The summed E-state index contributed by atoms with van der Waals surface area (Å²) in [5.41, 5.74) is 3.13. The molecule has 0 saturated carbocycles. The first kappa shape index (κ1) is 11.2. The molecular weight excluding hydrogens is 214 g/mol. The summed E-state index contributed by atoms with van der Waals surface area (Å²) >= 11 is 0. The fourth-order valence-corrected chi connectivity index (χ4v) is 1.45. The van der Waals surface area contributed by atoms with E-state index in [1.165, 1.54) is 0 Å². The Bertz CT molecular complexity index is 606. The van der Waals surface area contributed by atoms with Gasteiger partial charge in [-0.2, -0.15) is 5.10 Å². The van der Waals surface area contributed by atoms with Crippen molar-refractivity contribution in [2.45, 2.75) is 6.92 Å². The molecule has 17 heavy (non-hydrogen) atoms. The summed E-state index contributed by atoms with van der Waals surface area (Å²) in [7, 11) is 1.72. The van der Waals surface area contributed by atoms with Crippen LogP contribution in [0.15, 0.2) is 29.9 Å². The third-order valence-electron chi connectivity index (χ3n) is 2.26. The van der Waals surface area contributed by atoms with Crippen molar-refractivity contribution in [1.82, 2.24) is 20.2 Å². The van der Waals surface area contributed by atoms with E-state index >= 15 is 0 Å². The average Bonchev–Trinajstić information content (AvgIpc) is 2.72. The highest BCUT2D eigenvalue weighted by Gasteiger charge is 2.08. The minimum Gasteiger partial charge on any atom is -0.297 e. The van der Waals surface area contributed by atoms with Gasteiger partial charge in [-0.25, -0.2) is 9.97 Å². The summed E-state index contributed by atoms with van der Waals surface area (Å²) in [6.07, 6.45) is 7.08. The second-order valence-electron chi connectivity index (χ2n) is 3.54. The maximum absolute atomic E-state index is 4.35. The average molecular weight is 227 g/mol. The summed E-state index contributed by atoms with van der Waals surface area (Å²) in [6, 6.07) is 0. The highest BCUT2D eigenvalue weighted by molar-refractivity contribution is 5.90. The lowest BCUT2D eigenvalue weighted by Crippen LogP contribution is -1.88. The third kappa shape index (κ3) is 2.28. The number of fused-ring (bicyclic) bond motifs is 1.